The van der Waals surface area contributed by atoms with E-state index in [1.807, 2.05) is 0 Å². The number of rotatable bonds is 4. The molecule has 0 unspecified atom stereocenters. The summed E-state index contributed by atoms with van der Waals surface area (Å²) in [7, 11) is 0. The predicted molar refractivity (Wildman–Crippen MR) is 69.1 cm³/mol. The van der Waals surface area contributed by atoms with Gasteiger partial charge < -0.3 is 0 Å². The Labute approximate surface area is 110 Å². The molecule has 0 aliphatic carbocycles. The van der Waals surface area contributed by atoms with E-state index >= 15 is 0 Å². The molecule has 2 aromatic rings. The molecule has 0 spiro atoms. The van der Waals surface area contributed by atoms with Gasteiger partial charge in [-0.1, -0.05) is 0 Å². The minimum atomic E-state index is -0.539. The second kappa shape index (κ2) is 5.31. The van der Waals surface area contributed by atoms with Crippen LogP contribution >= 0.6 is 11.3 Å². The van der Waals surface area contributed by atoms with Crippen molar-refractivity contribution in [1.29, 1.82) is 0 Å². The zero-order chi connectivity index (χ0) is 13.8. The van der Waals surface area contributed by atoms with Gasteiger partial charge >= 0.3 is 5.00 Å². The minimum Gasteiger partial charge on any atom is -0.258 e. The van der Waals surface area contributed by atoms with Crippen molar-refractivity contribution >= 4 is 33.4 Å². The molecule has 1 aromatic heterocycles. The highest BCUT2D eigenvalue weighted by Gasteiger charge is 2.10. The molecule has 1 heterocycles. The van der Waals surface area contributed by atoms with Crippen molar-refractivity contribution in [3.63, 3.8) is 0 Å². The van der Waals surface area contributed by atoms with Crippen LogP contribution in [0.4, 0.5) is 15.8 Å². The van der Waals surface area contributed by atoms with E-state index in [0.717, 1.165) is 17.5 Å². The lowest BCUT2D eigenvalue weighted by Crippen LogP contribution is -1.88. The molecule has 0 aliphatic heterocycles. The van der Waals surface area contributed by atoms with E-state index < -0.39 is 9.85 Å². The van der Waals surface area contributed by atoms with E-state index in [4.69, 9.17) is 0 Å². The predicted octanol–water partition coefficient (Wildman–Crippen LogP) is 2.71. The molecule has 9 heteroatoms. The van der Waals surface area contributed by atoms with Crippen molar-refractivity contribution in [3.05, 3.63) is 56.3 Å². The molecule has 0 N–H and O–H groups in total. The highest BCUT2D eigenvalue weighted by Crippen LogP contribution is 2.27. The maximum atomic E-state index is 10.5. The van der Waals surface area contributed by atoms with E-state index in [1.54, 1.807) is 0 Å². The van der Waals surface area contributed by atoms with Gasteiger partial charge in [-0.2, -0.15) is 0 Å². The van der Waals surface area contributed by atoms with Gasteiger partial charge in [-0.25, -0.2) is 9.98 Å². The standard InChI is InChI=1S/C10H6N4O4S/c15-13(16)8-3-1-7(2-4-8)5-11-10-12-6-9(19-10)14(17)18/h1-6H/b11-5+. The van der Waals surface area contributed by atoms with Crippen LogP contribution in [0.2, 0.25) is 0 Å². The topological polar surface area (TPSA) is 112 Å². The van der Waals surface area contributed by atoms with Gasteiger partial charge in [0.1, 0.15) is 6.20 Å². The number of nitro benzene ring substituents is 1. The van der Waals surface area contributed by atoms with Gasteiger partial charge in [0.05, 0.1) is 9.85 Å². The monoisotopic (exact) mass is 278 g/mol. The number of aromatic nitrogens is 1. The summed E-state index contributed by atoms with van der Waals surface area (Å²) in [5.41, 5.74) is 0.630. The fourth-order valence-corrected chi connectivity index (χ4v) is 1.79. The van der Waals surface area contributed by atoms with Crippen LogP contribution in [-0.4, -0.2) is 21.0 Å². The zero-order valence-electron chi connectivity index (χ0n) is 9.29. The lowest BCUT2D eigenvalue weighted by molar-refractivity contribution is -0.384. The van der Waals surface area contributed by atoms with Crippen molar-refractivity contribution in [1.82, 2.24) is 4.98 Å². The first kappa shape index (κ1) is 12.8. The summed E-state index contributed by atoms with van der Waals surface area (Å²) in [6.45, 7) is 0. The van der Waals surface area contributed by atoms with Crippen LogP contribution in [0, 0.1) is 20.2 Å². The summed E-state index contributed by atoms with van der Waals surface area (Å²) in [5, 5.41) is 21.1. The Morgan fingerprint density at radius 2 is 1.84 bits per heavy atom. The third-order valence-corrected chi connectivity index (χ3v) is 2.95. The smallest absolute Gasteiger partial charge is 0.258 e. The second-order valence-electron chi connectivity index (χ2n) is 3.35. The first-order chi connectivity index (χ1) is 9.06. The average Bonchev–Trinajstić information content (AvgIpc) is 2.86. The van der Waals surface area contributed by atoms with Crippen LogP contribution in [-0.2, 0) is 0 Å². The van der Waals surface area contributed by atoms with Gasteiger partial charge in [0.15, 0.2) is 0 Å². The largest absolute Gasteiger partial charge is 0.345 e. The fourth-order valence-electron chi connectivity index (χ4n) is 1.21. The first-order valence-corrected chi connectivity index (χ1v) is 5.76. The normalized spacial score (nSPS) is 10.7. The van der Waals surface area contributed by atoms with E-state index in [-0.39, 0.29) is 15.8 Å². The molecule has 0 saturated carbocycles. The number of thiazole rings is 1. The van der Waals surface area contributed by atoms with Crippen LogP contribution < -0.4 is 0 Å². The van der Waals surface area contributed by atoms with Crippen LogP contribution in [0.25, 0.3) is 0 Å². The summed E-state index contributed by atoms with van der Waals surface area (Å²) in [4.78, 5) is 27.6. The summed E-state index contributed by atoms with van der Waals surface area (Å²) < 4.78 is 0. The number of nitrogens with zero attached hydrogens (tertiary/aromatic N) is 4. The SMILES string of the molecule is O=[N+]([O-])c1ccc(/C=N/c2ncc([N+](=O)[O-])s2)cc1. The number of nitro groups is 2. The molecule has 0 saturated heterocycles. The number of aliphatic imine (C=N–C) groups is 1. The van der Waals surface area contributed by atoms with Crippen molar-refractivity contribution in [2.24, 2.45) is 4.99 Å². The highest BCUT2D eigenvalue weighted by atomic mass is 32.1. The van der Waals surface area contributed by atoms with E-state index in [9.17, 15) is 20.2 Å². The Hall–Kier alpha value is -2.68. The maximum absolute atomic E-state index is 10.5. The van der Waals surface area contributed by atoms with Crippen LogP contribution in [0.5, 0.6) is 0 Å². The van der Waals surface area contributed by atoms with Crippen molar-refractivity contribution in [2.75, 3.05) is 0 Å². The van der Waals surface area contributed by atoms with E-state index in [0.29, 0.717) is 5.56 Å². The van der Waals surface area contributed by atoms with Gasteiger partial charge in [0.25, 0.3) is 5.69 Å². The number of hydrogen-bond acceptors (Lipinski definition) is 7. The maximum Gasteiger partial charge on any atom is 0.345 e. The minimum absolute atomic E-state index is 0.0120. The molecule has 19 heavy (non-hydrogen) atoms. The lowest BCUT2D eigenvalue weighted by Gasteiger charge is -1.92. The van der Waals surface area contributed by atoms with Crippen molar-refractivity contribution < 1.29 is 9.85 Å². The molecule has 0 bridgehead atoms. The van der Waals surface area contributed by atoms with Gasteiger partial charge in [0.2, 0.25) is 5.13 Å². The number of non-ortho nitro benzene ring substituents is 1. The Morgan fingerprint density at radius 1 is 1.16 bits per heavy atom. The highest BCUT2D eigenvalue weighted by molar-refractivity contribution is 7.18. The molecule has 0 fully saturated rings. The summed E-state index contributed by atoms with van der Waals surface area (Å²) in [5.74, 6) is 0. The van der Waals surface area contributed by atoms with Crippen molar-refractivity contribution in [3.8, 4) is 0 Å². The second-order valence-corrected chi connectivity index (χ2v) is 4.33. The van der Waals surface area contributed by atoms with Crippen LogP contribution in [0.15, 0.2) is 35.5 Å². The Kier molecular flexibility index (Phi) is 3.57. The molecule has 0 amide bonds. The number of benzene rings is 1. The van der Waals surface area contributed by atoms with Gasteiger partial charge in [-0.15, -0.1) is 0 Å². The molecule has 0 aliphatic rings. The van der Waals surface area contributed by atoms with Crippen molar-refractivity contribution in [2.45, 2.75) is 0 Å². The molecule has 96 valence electrons. The van der Waals surface area contributed by atoms with Gasteiger partial charge in [-0.3, -0.25) is 20.2 Å². The average molecular weight is 278 g/mol. The molecule has 2 rings (SSSR count). The van der Waals surface area contributed by atoms with Gasteiger partial charge in [-0.05, 0) is 29.0 Å². The van der Waals surface area contributed by atoms with Crippen LogP contribution in [0.1, 0.15) is 5.56 Å². The Balaban J connectivity index is 2.13. The van der Waals surface area contributed by atoms with Crippen LogP contribution in [0.3, 0.4) is 0 Å². The summed E-state index contributed by atoms with van der Waals surface area (Å²) in [6, 6.07) is 5.77. The van der Waals surface area contributed by atoms with Gasteiger partial charge in [0, 0.05) is 18.3 Å². The lowest BCUT2D eigenvalue weighted by atomic mass is 10.2. The van der Waals surface area contributed by atoms with E-state index in [1.165, 1.54) is 30.5 Å². The molecular weight excluding hydrogens is 272 g/mol. The molecular formula is C10H6N4O4S. The number of hydrogen-bond donors (Lipinski definition) is 0. The Morgan fingerprint density at radius 3 is 2.37 bits per heavy atom. The zero-order valence-corrected chi connectivity index (χ0v) is 10.1. The third-order valence-electron chi connectivity index (χ3n) is 2.09. The van der Waals surface area contributed by atoms with E-state index in [2.05, 4.69) is 9.98 Å². The first-order valence-electron chi connectivity index (χ1n) is 4.95. The quantitative estimate of drug-likeness (QED) is 0.485. The molecule has 1 aromatic carbocycles. The Bertz CT molecular complexity index is 650. The molecule has 8 nitrogen and oxygen atoms in total. The third kappa shape index (κ3) is 3.16. The summed E-state index contributed by atoms with van der Waals surface area (Å²) >= 11 is 0.852. The molecule has 0 atom stereocenters. The fraction of sp³-hybridized carbons (Fsp3) is 0. The molecule has 0 radical (unpaired) electrons. The summed E-state index contributed by atoms with van der Waals surface area (Å²) in [6.07, 6.45) is 2.57.